The van der Waals surface area contributed by atoms with Gasteiger partial charge in [0.15, 0.2) is 0 Å². The Morgan fingerprint density at radius 2 is 2.00 bits per heavy atom. The minimum absolute atomic E-state index is 0.0514. The van der Waals surface area contributed by atoms with Crippen LogP contribution in [-0.2, 0) is 14.3 Å². The number of nitrogens with one attached hydrogen (secondary N) is 2. The Kier molecular flexibility index (Phi) is 8.05. The van der Waals surface area contributed by atoms with Crippen molar-refractivity contribution in [3.63, 3.8) is 0 Å². The molecule has 0 aliphatic heterocycles. The van der Waals surface area contributed by atoms with Gasteiger partial charge in [0.05, 0.1) is 13.7 Å². The molecule has 0 saturated heterocycles. The number of esters is 1. The number of amides is 1. The van der Waals surface area contributed by atoms with Crippen molar-refractivity contribution < 1.29 is 14.3 Å². The standard InChI is InChI=1S/C12H22N2O3/c1-5-10(12(16)17-4)6-7-13-8-11(15)14-9(2)3/h6,9,13H,5,7-8H2,1-4H3,(H,14,15). The maximum Gasteiger partial charge on any atom is 0.333 e. The Hall–Kier alpha value is -1.36. The minimum Gasteiger partial charge on any atom is -0.466 e. The van der Waals surface area contributed by atoms with Crippen LogP contribution in [0.5, 0.6) is 0 Å². The van der Waals surface area contributed by atoms with E-state index in [-0.39, 0.29) is 24.5 Å². The molecule has 1 amide bonds. The van der Waals surface area contributed by atoms with Gasteiger partial charge in [0.25, 0.3) is 0 Å². The molecule has 0 aromatic rings. The molecule has 0 saturated carbocycles. The molecule has 98 valence electrons. The van der Waals surface area contributed by atoms with Crippen molar-refractivity contribution in [1.29, 1.82) is 0 Å². The Morgan fingerprint density at radius 3 is 2.47 bits per heavy atom. The highest BCUT2D eigenvalue weighted by molar-refractivity contribution is 5.88. The van der Waals surface area contributed by atoms with E-state index in [1.54, 1.807) is 6.08 Å². The summed E-state index contributed by atoms with van der Waals surface area (Å²) in [6.45, 7) is 6.42. The second kappa shape index (κ2) is 8.75. The van der Waals surface area contributed by atoms with E-state index in [2.05, 4.69) is 15.4 Å². The largest absolute Gasteiger partial charge is 0.466 e. The molecular weight excluding hydrogens is 220 g/mol. The molecule has 0 bridgehead atoms. The van der Waals surface area contributed by atoms with Crippen molar-refractivity contribution in [3.8, 4) is 0 Å². The van der Waals surface area contributed by atoms with E-state index in [1.807, 2.05) is 20.8 Å². The SMILES string of the molecule is CCC(=CCNCC(=O)NC(C)C)C(=O)OC. The Bertz CT molecular complexity index is 285. The van der Waals surface area contributed by atoms with Gasteiger partial charge in [0.1, 0.15) is 0 Å². The molecule has 5 heteroatoms. The fourth-order valence-electron chi connectivity index (χ4n) is 1.26. The van der Waals surface area contributed by atoms with Gasteiger partial charge in [0.2, 0.25) is 5.91 Å². The normalized spacial score (nSPS) is 11.5. The third kappa shape index (κ3) is 7.52. The van der Waals surface area contributed by atoms with Crippen LogP contribution in [0.1, 0.15) is 27.2 Å². The number of hydrogen-bond donors (Lipinski definition) is 2. The highest BCUT2D eigenvalue weighted by Crippen LogP contribution is 2.01. The molecule has 0 rings (SSSR count). The molecule has 0 spiro atoms. The second-order valence-electron chi connectivity index (χ2n) is 3.93. The number of methoxy groups -OCH3 is 1. The summed E-state index contributed by atoms with van der Waals surface area (Å²) in [5, 5.41) is 5.70. The molecule has 0 aromatic heterocycles. The average molecular weight is 242 g/mol. The van der Waals surface area contributed by atoms with Crippen LogP contribution in [0.2, 0.25) is 0 Å². The van der Waals surface area contributed by atoms with Crippen molar-refractivity contribution in [3.05, 3.63) is 11.6 Å². The monoisotopic (exact) mass is 242 g/mol. The number of carbonyl (C=O) groups excluding carboxylic acids is 2. The minimum atomic E-state index is -0.319. The van der Waals surface area contributed by atoms with Gasteiger partial charge in [-0.2, -0.15) is 0 Å². The average Bonchev–Trinajstić information content (AvgIpc) is 2.27. The van der Waals surface area contributed by atoms with Crippen molar-refractivity contribution >= 4 is 11.9 Å². The Morgan fingerprint density at radius 1 is 1.35 bits per heavy atom. The van der Waals surface area contributed by atoms with Crippen LogP contribution >= 0.6 is 0 Å². The zero-order valence-corrected chi connectivity index (χ0v) is 11.0. The Labute approximate surface area is 103 Å². The summed E-state index contributed by atoms with van der Waals surface area (Å²) in [5.74, 6) is -0.370. The molecule has 0 aromatic carbocycles. The lowest BCUT2D eigenvalue weighted by molar-refractivity contribution is -0.136. The Balaban J connectivity index is 3.92. The lowest BCUT2D eigenvalue weighted by Crippen LogP contribution is -2.37. The van der Waals surface area contributed by atoms with E-state index in [0.29, 0.717) is 18.5 Å². The maximum atomic E-state index is 11.3. The zero-order chi connectivity index (χ0) is 13.3. The maximum absolute atomic E-state index is 11.3. The van der Waals surface area contributed by atoms with Gasteiger partial charge in [-0.3, -0.25) is 4.79 Å². The molecule has 0 fully saturated rings. The topological polar surface area (TPSA) is 67.4 Å². The van der Waals surface area contributed by atoms with Gasteiger partial charge in [-0.1, -0.05) is 13.0 Å². The first kappa shape index (κ1) is 15.6. The number of carbonyl (C=O) groups is 2. The third-order valence-corrected chi connectivity index (χ3v) is 2.06. The lowest BCUT2D eigenvalue weighted by atomic mass is 10.2. The molecule has 17 heavy (non-hydrogen) atoms. The van der Waals surface area contributed by atoms with E-state index < -0.39 is 0 Å². The summed E-state index contributed by atoms with van der Waals surface area (Å²) < 4.78 is 4.62. The fraction of sp³-hybridized carbons (Fsp3) is 0.667. The van der Waals surface area contributed by atoms with Crippen LogP contribution < -0.4 is 10.6 Å². The van der Waals surface area contributed by atoms with Gasteiger partial charge in [-0.15, -0.1) is 0 Å². The van der Waals surface area contributed by atoms with Gasteiger partial charge < -0.3 is 15.4 Å². The van der Waals surface area contributed by atoms with Crippen LogP contribution in [0.3, 0.4) is 0 Å². The highest BCUT2D eigenvalue weighted by atomic mass is 16.5. The predicted octanol–water partition coefficient (Wildman–Crippen LogP) is 0.610. The zero-order valence-electron chi connectivity index (χ0n) is 11.0. The molecule has 0 unspecified atom stereocenters. The quantitative estimate of drug-likeness (QED) is 0.390. The van der Waals surface area contributed by atoms with E-state index in [0.717, 1.165) is 0 Å². The molecule has 2 N–H and O–H groups in total. The first-order valence-corrected chi connectivity index (χ1v) is 5.78. The first-order valence-electron chi connectivity index (χ1n) is 5.78. The summed E-state index contributed by atoms with van der Waals surface area (Å²) in [7, 11) is 1.36. The van der Waals surface area contributed by atoms with Crippen LogP contribution in [0.25, 0.3) is 0 Å². The lowest BCUT2D eigenvalue weighted by Gasteiger charge is -2.08. The van der Waals surface area contributed by atoms with E-state index in [1.165, 1.54) is 7.11 Å². The summed E-state index contributed by atoms with van der Waals surface area (Å²) >= 11 is 0. The molecule has 0 aliphatic carbocycles. The van der Waals surface area contributed by atoms with Crippen molar-refractivity contribution in [1.82, 2.24) is 10.6 Å². The second-order valence-corrected chi connectivity index (χ2v) is 3.93. The number of hydrogen-bond acceptors (Lipinski definition) is 4. The van der Waals surface area contributed by atoms with Gasteiger partial charge in [0, 0.05) is 18.2 Å². The number of rotatable bonds is 7. The predicted molar refractivity (Wildman–Crippen MR) is 66.5 cm³/mol. The third-order valence-electron chi connectivity index (χ3n) is 2.06. The fourth-order valence-corrected chi connectivity index (χ4v) is 1.26. The van der Waals surface area contributed by atoms with Crippen molar-refractivity contribution in [2.24, 2.45) is 0 Å². The molecular formula is C12H22N2O3. The molecule has 0 radical (unpaired) electrons. The van der Waals surface area contributed by atoms with Crippen LogP contribution in [-0.4, -0.2) is 38.1 Å². The van der Waals surface area contributed by atoms with E-state index in [9.17, 15) is 9.59 Å². The summed E-state index contributed by atoms with van der Waals surface area (Å²) in [5.41, 5.74) is 0.615. The van der Waals surface area contributed by atoms with E-state index >= 15 is 0 Å². The summed E-state index contributed by atoms with van der Waals surface area (Å²) in [6.07, 6.45) is 2.36. The van der Waals surface area contributed by atoms with Crippen molar-refractivity contribution in [2.45, 2.75) is 33.2 Å². The molecule has 5 nitrogen and oxygen atoms in total. The van der Waals surface area contributed by atoms with Gasteiger partial charge in [-0.05, 0) is 20.3 Å². The molecule has 0 atom stereocenters. The van der Waals surface area contributed by atoms with Crippen molar-refractivity contribution in [2.75, 3.05) is 20.2 Å². The van der Waals surface area contributed by atoms with Gasteiger partial charge in [-0.25, -0.2) is 4.79 Å². The molecule has 0 aliphatic rings. The van der Waals surface area contributed by atoms with Crippen LogP contribution in [0.4, 0.5) is 0 Å². The highest BCUT2D eigenvalue weighted by Gasteiger charge is 2.06. The summed E-state index contributed by atoms with van der Waals surface area (Å²) in [6, 6.07) is 0.140. The van der Waals surface area contributed by atoms with Crippen LogP contribution in [0, 0.1) is 0 Å². The van der Waals surface area contributed by atoms with E-state index in [4.69, 9.17) is 0 Å². The molecule has 0 heterocycles. The van der Waals surface area contributed by atoms with Crippen LogP contribution in [0.15, 0.2) is 11.6 Å². The van der Waals surface area contributed by atoms with Gasteiger partial charge >= 0.3 is 5.97 Å². The summed E-state index contributed by atoms with van der Waals surface area (Å²) in [4.78, 5) is 22.5. The first-order chi connectivity index (χ1) is 8.01. The number of ether oxygens (including phenoxy) is 1. The smallest absolute Gasteiger partial charge is 0.333 e.